The molecule has 0 bridgehead atoms. The van der Waals surface area contributed by atoms with Crippen molar-refractivity contribution in [2.24, 2.45) is 0 Å². The van der Waals surface area contributed by atoms with Crippen molar-refractivity contribution in [1.82, 2.24) is 9.97 Å². The number of rotatable bonds is 5. The molecule has 0 aliphatic heterocycles. The molecule has 2 N–H and O–H groups in total. The van der Waals surface area contributed by atoms with Gasteiger partial charge in [-0.25, -0.2) is 4.98 Å². The lowest BCUT2D eigenvalue weighted by atomic mass is 10.2. The van der Waals surface area contributed by atoms with Crippen LogP contribution < -0.4 is 15.5 Å². The Kier molecular flexibility index (Phi) is 4.18. The smallest absolute Gasteiger partial charge is 0.224 e. The highest BCUT2D eigenvalue weighted by Gasteiger charge is 2.05. The van der Waals surface area contributed by atoms with Crippen molar-refractivity contribution in [2.75, 3.05) is 36.2 Å². The van der Waals surface area contributed by atoms with Crippen molar-refractivity contribution in [1.29, 1.82) is 0 Å². The SMILES string of the molecule is CCNc1nccc(Nc2ccccc2N(C)C)n1. The van der Waals surface area contributed by atoms with E-state index in [1.165, 1.54) is 0 Å². The number of benzene rings is 1. The van der Waals surface area contributed by atoms with Crippen molar-refractivity contribution in [3.05, 3.63) is 36.5 Å². The summed E-state index contributed by atoms with van der Waals surface area (Å²) in [7, 11) is 4.04. The minimum atomic E-state index is 0.634. The Hall–Kier alpha value is -2.30. The normalized spacial score (nSPS) is 10.1. The zero-order valence-corrected chi connectivity index (χ0v) is 11.5. The van der Waals surface area contributed by atoms with Crippen LogP contribution >= 0.6 is 0 Å². The molecular formula is C14H19N5. The number of nitrogens with one attached hydrogen (secondary N) is 2. The van der Waals surface area contributed by atoms with Crippen molar-refractivity contribution in [3.8, 4) is 0 Å². The minimum Gasteiger partial charge on any atom is -0.376 e. The van der Waals surface area contributed by atoms with Crippen molar-refractivity contribution in [3.63, 3.8) is 0 Å². The second-order valence-electron chi connectivity index (χ2n) is 4.33. The fourth-order valence-corrected chi connectivity index (χ4v) is 1.78. The highest BCUT2D eigenvalue weighted by molar-refractivity contribution is 5.73. The van der Waals surface area contributed by atoms with E-state index < -0.39 is 0 Å². The highest BCUT2D eigenvalue weighted by Crippen LogP contribution is 2.26. The van der Waals surface area contributed by atoms with E-state index >= 15 is 0 Å². The molecule has 0 fully saturated rings. The predicted octanol–water partition coefficient (Wildman–Crippen LogP) is 2.72. The molecule has 1 heterocycles. The first-order chi connectivity index (χ1) is 9.20. The first-order valence-electron chi connectivity index (χ1n) is 6.31. The third kappa shape index (κ3) is 3.34. The molecule has 0 saturated carbocycles. The Labute approximate surface area is 113 Å². The van der Waals surface area contributed by atoms with Gasteiger partial charge in [0.25, 0.3) is 0 Å². The minimum absolute atomic E-state index is 0.634. The molecule has 0 unspecified atom stereocenters. The maximum Gasteiger partial charge on any atom is 0.224 e. The fraction of sp³-hybridized carbons (Fsp3) is 0.286. The molecule has 1 aromatic heterocycles. The van der Waals surface area contributed by atoms with E-state index in [0.29, 0.717) is 5.95 Å². The summed E-state index contributed by atoms with van der Waals surface area (Å²) < 4.78 is 0. The van der Waals surface area contributed by atoms with E-state index in [4.69, 9.17) is 0 Å². The van der Waals surface area contributed by atoms with Gasteiger partial charge in [0.05, 0.1) is 11.4 Å². The number of anilines is 4. The van der Waals surface area contributed by atoms with Crippen LogP contribution in [0.2, 0.25) is 0 Å². The Balaban J connectivity index is 2.23. The monoisotopic (exact) mass is 257 g/mol. The zero-order chi connectivity index (χ0) is 13.7. The van der Waals surface area contributed by atoms with Crippen LogP contribution in [0.25, 0.3) is 0 Å². The number of hydrogen-bond acceptors (Lipinski definition) is 5. The van der Waals surface area contributed by atoms with Gasteiger partial charge in [0.15, 0.2) is 0 Å². The zero-order valence-electron chi connectivity index (χ0n) is 11.5. The quantitative estimate of drug-likeness (QED) is 0.862. The molecule has 19 heavy (non-hydrogen) atoms. The van der Waals surface area contributed by atoms with Crippen LogP contribution in [0.1, 0.15) is 6.92 Å². The van der Waals surface area contributed by atoms with Crippen molar-refractivity contribution < 1.29 is 0 Å². The van der Waals surface area contributed by atoms with Gasteiger partial charge in [-0.15, -0.1) is 0 Å². The fourth-order valence-electron chi connectivity index (χ4n) is 1.78. The molecule has 0 aliphatic carbocycles. The van der Waals surface area contributed by atoms with Gasteiger partial charge in [-0.3, -0.25) is 0 Å². The summed E-state index contributed by atoms with van der Waals surface area (Å²) in [5.41, 5.74) is 2.14. The van der Waals surface area contributed by atoms with E-state index in [1.807, 2.05) is 45.3 Å². The van der Waals surface area contributed by atoms with E-state index in [2.05, 4.69) is 31.6 Å². The lowest BCUT2D eigenvalue weighted by Gasteiger charge is -2.18. The molecular weight excluding hydrogens is 238 g/mol. The summed E-state index contributed by atoms with van der Waals surface area (Å²) in [5.74, 6) is 1.41. The molecule has 5 nitrogen and oxygen atoms in total. The molecule has 100 valence electrons. The highest BCUT2D eigenvalue weighted by atomic mass is 15.1. The molecule has 2 aromatic rings. The molecule has 0 saturated heterocycles. The Morgan fingerprint density at radius 3 is 2.68 bits per heavy atom. The lowest BCUT2D eigenvalue weighted by molar-refractivity contribution is 1.08. The van der Waals surface area contributed by atoms with Gasteiger partial charge in [0, 0.05) is 26.8 Å². The van der Waals surface area contributed by atoms with Crippen LogP contribution in [0.5, 0.6) is 0 Å². The van der Waals surface area contributed by atoms with E-state index in [9.17, 15) is 0 Å². The van der Waals surface area contributed by atoms with Gasteiger partial charge in [-0.05, 0) is 25.1 Å². The Morgan fingerprint density at radius 1 is 1.16 bits per heavy atom. The first-order valence-corrected chi connectivity index (χ1v) is 6.31. The third-order valence-corrected chi connectivity index (χ3v) is 2.64. The number of aromatic nitrogens is 2. The summed E-state index contributed by atoms with van der Waals surface area (Å²) in [6.45, 7) is 2.82. The number of para-hydroxylation sites is 2. The number of nitrogens with zero attached hydrogens (tertiary/aromatic N) is 3. The van der Waals surface area contributed by atoms with Crippen molar-refractivity contribution >= 4 is 23.1 Å². The third-order valence-electron chi connectivity index (χ3n) is 2.64. The van der Waals surface area contributed by atoms with Crippen LogP contribution in [-0.2, 0) is 0 Å². The van der Waals surface area contributed by atoms with Gasteiger partial charge in [0.1, 0.15) is 5.82 Å². The molecule has 0 aliphatic rings. The average Bonchev–Trinajstić information content (AvgIpc) is 2.40. The Bertz CT molecular complexity index is 539. The largest absolute Gasteiger partial charge is 0.376 e. The van der Waals surface area contributed by atoms with Gasteiger partial charge in [0.2, 0.25) is 5.95 Å². The van der Waals surface area contributed by atoms with E-state index in [0.717, 1.165) is 23.7 Å². The lowest BCUT2D eigenvalue weighted by Crippen LogP contribution is -2.11. The van der Waals surface area contributed by atoms with Crippen LogP contribution in [0.15, 0.2) is 36.5 Å². The maximum atomic E-state index is 4.41. The average molecular weight is 257 g/mol. The summed E-state index contributed by atoms with van der Waals surface area (Å²) in [5, 5.41) is 6.42. The van der Waals surface area contributed by atoms with Gasteiger partial charge in [-0.1, -0.05) is 12.1 Å². The van der Waals surface area contributed by atoms with Crippen molar-refractivity contribution in [2.45, 2.75) is 6.92 Å². The summed E-state index contributed by atoms with van der Waals surface area (Å²) in [6, 6.07) is 9.97. The van der Waals surface area contributed by atoms with Crippen LogP contribution in [-0.4, -0.2) is 30.6 Å². The predicted molar refractivity (Wildman–Crippen MR) is 80.2 cm³/mol. The maximum absolute atomic E-state index is 4.41. The van der Waals surface area contributed by atoms with Gasteiger partial charge >= 0.3 is 0 Å². The second kappa shape index (κ2) is 6.04. The Morgan fingerprint density at radius 2 is 1.95 bits per heavy atom. The van der Waals surface area contributed by atoms with Crippen LogP contribution in [0.3, 0.4) is 0 Å². The van der Waals surface area contributed by atoms with Gasteiger partial charge in [-0.2, -0.15) is 4.98 Å². The topological polar surface area (TPSA) is 53.1 Å². The number of hydrogen-bond donors (Lipinski definition) is 2. The molecule has 1 aromatic carbocycles. The summed E-state index contributed by atoms with van der Waals surface area (Å²) >= 11 is 0. The molecule has 0 atom stereocenters. The van der Waals surface area contributed by atoms with Crippen LogP contribution in [0, 0.1) is 0 Å². The van der Waals surface area contributed by atoms with Gasteiger partial charge < -0.3 is 15.5 Å². The summed E-state index contributed by atoms with van der Waals surface area (Å²) in [6.07, 6.45) is 1.74. The molecule has 0 radical (unpaired) electrons. The van der Waals surface area contributed by atoms with Crippen LogP contribution in [0.4, 0.5) is 23.1 Å². The molecule has 2 rings (SSSR count). The molecule has 0 amide bonds. The summed E-state index contributed by atoms with van der Waals surface area (Å²) in [4.78, 5) is 10.6. The van der Waals surface area contributed by atoms with E-state index in [1.54, 1.807) is 6.20 Å². The second-order valence-corrected chi connectivity index (χ2v) is 4.33. The molecule has 0 spiro atoms. The molecule has 5 heteroatoms. The standard InChI is InChI=1S/C14H19N5/c1-4-15-14-16-10-9-13(18-14)17-11-7-5-6-8-12(11)19(2)3/h5-10H,4H2,1-3H3,(H2,15,16,17,18). The first kappa shape index (κ1) is 13.1. The van der Waals surface area contributed by atoms with E-state index in [-0.39, 0.29) is 0 Å².